The third-order valence-corrected chi connectivity index (χ3v) is 7.55. The summed E-state index contributed by atoms with van der Waals surface area (Å²) < 4.78 is 61.7. The van der Waals surface area contributed by atoms with E-state index in [4.69, 9.17) is 4.74 Å². The molecule has 0 saturated carbocycles. The van der Waals surface area contributed by atoms with Gasteiger partial charge in [-0.05, 0) is 69.1 Å². The second kappa shape index (κ2) is 12.6. The molecule has 0 radical (unpaired) electrons. The zero-order chi connectivity index (χ0) is 28.0. The number of amides is 1. The molecule has 1 atom stereocenters. The van der Waals surface area contributed by atoms with Crippen molar-refractivity contribution in [1.82, 2.24) is 15.4 Å². The normalized spacial score (nSPS) is 16.2. The number of pyridine rings is 1. The van der Waals surface area contributed by atoms with Crippen LogP contribution in [0.1, 0.15) is 43.0 Å². The molecule has 39 heavy (non-hydrogen) atoms. The minimum atomic E-state index is -1.56. The fraction of sp³-hybridized carbons (Fsp3) is 0.429. The molecule has 1 fully saturated rings. The van der Waals surface area contributed by atoms with Crippen LogP contribution >= 0.6 is 0 Å². The van der Waals surface area contributed by atoms with Crippen molar-refractivity contribution in [1.29, 1.82) is 0 Å². The Morgan fingerprint density at radius 2 is 1.90 bits per heavy atom. The van der Waals surface area contributed by atoms with Gasteiger partial charge in [0.15, 0.2) is 0 Å². The highest BCUT2D eigenvalue weighted by atomic mass is 19.1. The van der Waals surface area contributed by atoms with Gasteiger partial charge >= 0.3 is 0 Å². The molecule has 0 aliphatic carbocycles. The highest BCUT2D eigenvalue weighted by Crippen LogP contribution is 2.41. The summed E-state index contributed by atoms with van der Waals surface area (Å²) in [4.78, 5) is 19.1. The number of nitrogens with zero attached hydrogens (tertiary/aromatic N) is 2. The van der Waals surface area contributed by atoms with Crippen LogP contribution < -0.4 is 15.5 Å². The molecule has 0 bridgehead atoms. The average molecular weight is 549 g/mol. The number of rotatable bonds is 11. The van der Waals surface area contributed by atoms with Crippen molar-refractivity contribution in [2.75, 3.05) is 38.6 Å². The van der Waals surface area contributed by atoms with Gasteiger partial charge < -0.3 is 15.0 Å². The van der Waals surface area contributed by atoms with Crippen molar-refractivity contribution in [2.45, 2.75) is 38.5 Å². The van der Waals surface area contributed by atoms with E-state index in [2.05, 4.69) is 15.2 Å². The number of fused-ring (bicyclic) bond motifs is 1. The maximum absolute atomic E-state index is 15.8. The lowest BCUT2D eigenvalue weighted by Crippen LogP contribution is -2.49. The monoisotopic (exact) mass is 548 g/mol. The van der Waals surface area contributed by atoms with Gasteiger partial charge in [-0.15, -0.1) is 0 Å². The average Bonchev–Trinajstić information content (AvgIpc) is 2.94. The largest absolute Gasteiger partial charge is 0.497 e. The number of aromatic nitrogens is 1. The summed E-state index contributed by atoms with van der Waals surface area (Å²) in [5.74, 6) is -1.41. The highest BCUT2D eigenvalue weighted by Gasteiger charge is 2.41. The van der Waals surface area contributed by atoms with Crippen LogP contribution in [0.3, 0.4) is 0 Å². The molecular formula is C28H32F4N4O3. The smallest absolute Gasteiger partial charge is 0.249 e. The third kappa shape index (κ3) is 6.59. The van der Waals surface area contributed by atoms with E-state index in [0.29, 0.717) is 61.4 Å². The number of hydroxylamine groups is 1. The Bertz CT molecular complexity index is 1280. The van der Waals surface area contributed by atoms with E-state index >= 15 is 4.39 Å². The standard InChI is InChI=1S/C28H32F4N4O3/c1-39-22-2-3-25-23(15-22)26(18(16-29)17-34-25)24(32)4-5-28(27(37)35-38)6-9-36(10-7-28)11-8-33-21-13-19(30)12-20(31)14-21/h2-3,12-15,17,24,33,38H,4-11,16H2,1H3,(H,35,37). The lowest BCUT2D eigenvalue weighted by atomic mass is 9.73. The first kappa shape index (κ1) is 28.6. The quantitative estimate of drug-likeness (QED) is 0.167. The molecule has 1 aliphatic rings. The molecule has 3 aromatic rings. The molecular weight excluding hydrogens is 516 g/mol. The van der Waals surface area contributed by atoms with Crippen LogP contribution in [-0.4, -0.2) is 54.3 Å². The number of hydrogen-bond donors (Lipinski definition) is 3. The Hall–Kier alpha value is -3.44. The molecule has 1 unspecified atom stereocenters. The summed E-state index contributed by atoms with van der Waals surface area (Å²) in [6.45, 7) is 1.12. The number of carbonyl (C=O) groups excluding carboxylic acids is 1. The summed E-state index contributed by atoms with van der Waals surface area (Å²) in [6.07, 6.45) is 0.615. The molecule has 1 saturated heterocycles. The van der Waals surface area contributed by atoms with Gasteiger partial charge in [0.05, 0.1) is 18.0 Å². The van der Waals surface area contributed by atoms with Gasteiger partial charge in [-0.2, -0.15) is 0 Å². The predicted octanol–water partition coefficient (Wildman–Crippen LogP) is 5.48. The highest BCUT2D eigenvalue weighted by molar-refractivity contribution is 5.85. The van der Waals surface area contributed by atoms with Gasteiger partial charge in [0, 0.05) is 47.6 Å². The van der Waals surface area contributed by atoms with E-state index in [1.165, 1.54) is 25.4 Å². The molecule has 0 spiro atoms. The van der Waals surface area contributed by atoms with E-state index in [1.807, 2.05) is 0 Å². The van der Waals surface area contributed by atoms with Crippen LogP contribution in [-0.2, 0) is 11.5 Å². The first-order chi connectivity index (χ1) is 18.8. The Labute approximate surface area is 224 Å². The number of nitrogens with one attached hydrogen (secondary N) is 2. The molecule has 1 amide bonds. The van der Waals surface area contributed by atoms with E-state index in [0.717, 1.165) is 6.07 Å². The summed E-state index contributed by atoms with van der Waals surface area (Å²) in [6, 6.07) is 8.23. The summed E-state index contributed by atoms with van der Waals surface area (Å²) in [5.41, 5.74) is 1.93. The van der Waals surface area contributed by atoms with Gasteiger partial charge in [0.2, 0.25) is 5.91 Å². The molecule has 3 N–H and O–H groups in total. The van der Waals surface area contributed by atoms with Crippen LogP contribution in [0, 0.1) is 17.0 Å². The maximum Gasteiger partial charge on any atom is 0.249 e. The van der Waals surface area contributed by atoms with Crippen molar-refractivity contribution < 1.29 is 32.3 Å². The molecule has 2 aromatic carbocycles. The van der Waals surface area contributed by atoms with E-state index in [-0.39, 0.29) is 24.0 Å². The maximum atomic E-state index is 15.8. The number of alkyl halides is 2. The van der Waals surface area contributed by atoms with Crippen molar-refractivity contribution >= 4 is 22.5 Å². The zero-order valence-corrected chi connectivity index (χ0v) is 21.7. The first-order valence-electron chi connectivity index (χ1n) is 12.8. The predicted molar refractivity (Wildman–Crippen MR) is 139 cm³/mol. The summed E-state index contributed by atoms with van der Waals surface area (Å²) in [7, 11) is 1.49. The van der Waals surface area contributed by atoms with Crippen LogP contribution in [0.4, 0.5) is 23.2 Å². The van der Waals surface area contributed by atoms with E-state index < -0.39 is 35.8 Å². The van der Waals surface area contributed by atoms with Gasteiger partial charge in [0.25, 0.3) is 0 Å². The Morgan fingerprint density at radius 1 is 1.18 bits per heavy atom. The van der Waals surface area contributed by atoms with Crippen molar-refractivity contribution in [3.05, 3.63) is 65.4 Å². The number of anilines is 1. The minimum Gasteiger partial charge on any atom is -0.497 e. The molecule has 2 heterocycles. The molecule has 1 aliphatic heterocycles. The van der Waals surface area contributed by atoms with Crippen molar-refractivity contribution in [2.24, 2.45) is 5.41 Å². The SMILES string of the molecule is COc1ccc2ncc(CF)c(C(F)CCC3(C(=O)NO)CCN(CCNc4cc(F)cc(F)c4)CC3)c2c1. The van der Waals surface area contributed by atoms with Crippen LogP contribution in [0.2, 0.25) is 0 Å². The first-order valence-corrected chi connectivity index (χ1v) is 12.8. The molecule has 1 aromatic heterocycles. The van der Waals surface area contributed by atoms with Crippen LogP contribution in [0.15, 0.2) is 42.6 Å². The van der Waals surface area contributed by atoms with Crippen molar-refractivity contribution in [3.63, 3.8) is 0 Å². The lowest BCUT2D eigenvalue weighted by molar-refractivity contribution is -0.143. The number of hydrogen-bond acceptors (Lipinski definition) is 6. The van der Waals surface area contributed by atoms with Crippen LogP contribution in [0.5, 0.6) is 5.75 Å². The second-order valence-electron chi connectivity index (χ2n) is 9.87. The number of piperidine rings is 1. The number of halogens is 4. The molecule has 4 rings (SSSR count). The fourth-order valence-electron chi connectivity index (χ4n) is 5.31. The number of benzene rings is 2. The summed E-state index contributed by atoms with van der Waals surface area (Å²) in [5, 5.41) is 12.9. The van der Waals surface area contributed by atoms with Crippen LogP contribution in [0.25, 0.3) is 10.9 Å². The van der Waals surface area contributed by atoms with Gasteiger partial charge in [-0.1, -0.05) is 0 Å². The van der Waals surface area contributed by atoms with E-state index in [9.17, 15) is 23.2 Å². The third-order valence-electron chi connectivity index (χ3n) is 7.55. The summed E-state index contributed by atoms with van der Waals surface area (Å²) >= 11 is 0. The van der Waals surface area contributed by atoms with Gasteiger partial charge in [-0.25, -0.2) is 23.0 Å². The Kier molecular flexibility index (Phi) is 9.24. The fourth-order valence-corrected chi connectivity index (χ4v) is 5.31. The zero-order valence-electron chi connectivity index (χ0n) is 21.7. The van der Waals surface area contributed by atoms with Crippen molar-refractivity contribution in [3.8, 4) is 5.75 Å². The number of methoxy groups -OCH3 is 1. The second-order valence-corrected chi connectivity index (χ2v) is 9.87. The Morgan fingerprint density at radius 3 is 2.54 bits per heavy atom. The number of ether oxygens (including phenoxy) is 1. The lowest BCUT2D eigenvalue weighted by Gasteiger charge is -2.40. The Balaban J connectivity index is 1.41. The molecule has 7 nitrogen and oxygen atoms in total. The van der Waals surface area contributed by atoms with Gasteiger partial charge in [0.1, 0.15) is 30.2 Å². The molecule has 210 valence electrons. The topological polar surface area (TPSA) is 86.7 Å². The van der Waals surface area contributed by atoms with E-state index in [1.54, 1.807) is 23.7 Å². The number of carbonyl (C=O) groups is 1. The molecule has 11 heteroatoms. The van der Waals surface area contributed by atoms with Gasteiger partial charge in [-0.3, -0.25) is 15.0 Å². The number of likely N-dealkylation sites (tertiary alicyclic amines) is 1. The minimum absolute atomic E-state index is 0.0521.